The van der Waals surface area contributed by atoms with Gasteiger partial charge in [-0.25, -0.2) is 0 Å². The predicted octanol–water partition coefficient (Wildman–Crippen LogP) is 0.903. The highest BCUT2D eigenvalue weighted by molar-refractivity contribution is 5.81. The van der Waals surface area contributed by atoms with Gasteiger partial charge < -0.3 is 15.8 Å². The summed E-state index contributed by atoms with van der Waals surface area (Å²) < 4.78 is 4.90. The van der Waals surface area contributed by atoms with Crippen molar-refractivity contribution < 1.29 is 9.53 Å². The first-order valence-corrected chi connectivity index (χ1v) is 5.39. The van der Waals surface area contributed by atoms with Gasteiger partial charge in [0.2, 0.25) is 5.91 Å². The minimum Gasteiger partial charge on any atom is -0.385 e. The number of carbonyl (C=O) groups excluding carboxylic acids is 1. The van der Waals surface area contributed by atoms with E-state index in [-0.39, 0.29) is 11.3 Å². The number of amides is 1. The van der Waals surface area contributed by atoms with Crippen LogP contribution >= 0.6 is 0 Å². The van der Waals surface area contributed by atoms with E-state index in [0.29, 0.717) is 19.6 Å². The van der Waals surface area contributed by atoms with Crippen molar-refractivity contribution in [1.82, 2.24) is 5.32 Å². The molecule has 0 heterocycles. The lowest BCUT2D eigenvalue weighted by Gasteiger charge is -2.20. The standard InChI is InChI=1S/C11H24N2O2/c1-11(2,3)8-13-10(14)9(12)6-5-7-15-4/h9H,5-8,12H2,1-4H3,(H,13,14). The normalized spacial score (nSPS) is 13.7. The lowest BCUT2D eigenvalue weighted by Crippen LogP contribution is -2.43. The van der Waals surface area contributed by atoms with Crippen molar-refractivity contribution in [2.75, 3.05) is 20.3 Å². The van der Waals surface area contributed by atoms with Crippen molar-refractivity contribution in [2.45, 2.75) is 39.7 Å². The molecular weight excluding hydrogens is 192 g/mol. The molecule has 0 aliphatic carbocycles. The molecule has 1 unspecified atom stereocenters. The van der Waals surface area contributed by atoms with E-state index in [0.717, 1.165) is 6.42 Å². The maximum atomic E-state index is 11.5. The van der Waals surface area contributed by atoms with Crippen LogP contribution in [0.15, 0.2) is 0 Å². The van der Waals surface area contributed by atoms with Crippen LogP contribution in [0.2, 0.25) is 0 Å². The summed E-state index contributed by atoms with van der Waals surface area (Å²) >= 11 is 0. The van der Waals surface area contributed by atoms with Crippen LogP contribution in [-0.4, -0.2) is 32.2 Å². The van der Waals surface area contributed by atoms with E-state index in [9.17, 15) is 4.79 Å². The number of methoxy groups -OCH3 is 1. The molecular formula is C11H24N2O2. The highest BCUT2D eigenvalue weighted by Gasteiger charge is 2.16. The van der Waals surface area contributed by atoms with Gasteiger partial charge in [0, 0.05) is 20.3 Å². The number of nitrogens with one attached hydrogen (secondary N) is 1. The molecule has 0 radical (unpaired) electrons. The summed E-state index contributed by atoms with van der Waals surface area (Å²) in [6.07, 6.45) is 1.49. The summed E-state index contributed by atoms with van der Waals surface area (Å²) in [7, 11) is 1.64. The van der Waals surface area contributed by atoms with Gasteiger partial charge in [0.05, 0.1) is 6.04 Å². The van der Waals surface area contributed by atoms with Crippen molar-refractivity contribution in [1.29, 1.82) is 0 Å². The van der Waals surface area contributed by atoms with Crippen molar-refractivity contribution in [2.24, 2.45) is 11.1 Å². The molecule has 0 aromatic heterocycles. The fourth-order valence-corrected chi connectivity index (χ4v) is 1.06. The van der Waals surface area contributed by atoms with Crippen LogP contribution in [0.5, 0.6) is 0 Å². The highest BCUT2D eigenvalue weighted by Crippen LogP contribution is 2.10. The molecule has 1 amide bonds. The van der Waals surface area contributed by atoms with Gasteiger partial charge in [0.25, 0.3) is 0 Å². The summed E-state index contributed by atoms with van der Waals surface area (Å²) in [6.45, 7) is 7.53. The molecule has 0 aromatic carbocycles. The van der Waals surface area contributed by atoms with E-state index in [1.807, 2.05) is 0 Å². The zero-order valence-electron chi connectivity index (χ0n) is 10.3. The van der Waals surface area contributed by atoms with Crippen molar-refractivity contribution in [3.05, 3.63) is 0 Å². The van der Waals surface area contributed by atoms with Gasteiger partial charge in [-0.1, -0.05) is 20.8 Å². The lowest BCUT2D eigenvalue weighted by molar-refractivity contribution is -0.122. The van der Waals surface area contributed by atoms with E-state index >= 15 is 0 Å². The molecule has 0 aliphatic rings. The Morgan fingerprint density at radius 3 is 2.53 bits per heavy atom. The van der Waals surface area contributed by atoms with Gasteiger partial charge in [0.1, 0.15) is 0 Å². The second-order valence-corrected chi connectivity index (χ2v) is 5.02. The minimum absolute atomic E-state index is 0.0685. The summed E-state index contributed by atoms with van der Waals surface area (Å²) in [4.78, 5) is 11.5. The summed E-state index contributed by atoms with van der Waals surface area (Å²) in [5.74, 6) is -0.0685. The number of nitrogens with two attached hydrogens (primary N) is 1. The maximum Gasteiger partial charge on any atom is 0.236 e. The monoisotopic (exact) mass is 216 g/mol. The SMILES string of the molecule is COCCCC(N)C(=O)NCC(C)(C)C. The highest BCUT2D eigenvalue weighted by atomic mass is 16.5. The number of carbonyl (C=O) groups is 1. The first-order chi connectivity index (χ1) is 6.87. The van der Waals surface area contributed by atoms with E-state index in [1.165, 1.54) is 0 Å². The van der Waals surface area contributed by atoms with E-state index < -0.39 is 6.04 Å². The van der Waals surface area contributed by atoms with Crippen molar-refractivity contribution in [3.8, 4) is 0 Å². The fraction of sp³-hybridized carbons (Fsp3) is 0.909. The molecule has 0 fully saturated rings. The Bertz CT molecular complexity index is 188. The summed E-state index contributed by atoms with van der Waals surface area (Å²) in [5, 5.41) is 2.84. The molecule has 4 nitrogen and oxygen atoms in total. The molecule has 0 bridgehead atoms. The van der Waals surface area contributed by atoms with Gasteiger partial charge in [-0.2, -0.15) is 0 Å². The number of hydrogen-bond donors (Lipinski definition) is 2. The van der Waals surface area contributed by atoms with Crippen molar-refractivity contribution >= 4 is 5.91 Å². The largest absolute Gasteiger partial charge is 0.385 e. The Morgan fingerprint density at radius 1 is 1.47 bits per heavy atom. The molecule has 15 heavy (non-hydrogen) atoms. The Morgan fingerprint density at radius 2 is 2.07 bits per heavy atom. The van der Waals surface area contributed by atoms with Crippen LogP contribution in [0.3, 0.4) is 0 Å². The molecule has 4 heteroatoms. The third kappa shape index (κ3) is 8.39. The third-order valence-corrected chi connectivity index (χ3v) is 1.99. The van der Waals surface area contributed by atoms with Gasteiger partial charge in [-0.15, -0.1) is 0 Å². The maximum absolute atomic E-state index is 11.5. The number of rotatable bonds is 6. The lowest BCUT2D eigenvalue weighted by atomic mass is 9.97. The molecule has 0 rings (SSSR count). The first-order valence-electron chi connectivity index (χ1n) is 5.39. The van der Waals surface area contributed by atoms with E-state index in [2.05, 4.69) is 26.1 Å². The van der Waals surface area contributed by atoms with Crippen molar-refractivity contribution in [3.63, 3.8) is 0 Å². The van der Waals surface area contributed by atoms with Crippen LogP contribution in [-0.2, 0) is 9.53 Å². The predicted molar refractivity (Wildman–Crippen MR) is 61.6 cm³/mol. The quantitative estimate of drug-likeness (QED) is 0.648. The average molecular weight is 216 g/mol. The van der Waals surface area contributed by atoms with Gasteiger partial charge in [-0.05, 0) is 18.3 Å². The van der Waals surface area contributed by atoms with Gasteiger partial charge in [0.15, 0.2) is 0 Å². The molecule has 1 atom stereocenters. The van der Waals surface area contributed by atoms with Crippen LogP contribution < -0.4 is 11.1 Å². The molecule has 0 saturated heterocycles. The summed E-state index contributed by atoms with van der Waals surface area (Å²) in [6, 6.07) is -0.414. The zero-order valence-corrected chi connectivity index (χ0v) is 10.3. The van der Waals surface area contributed by atoms with Crippen LogP contribution in [0.4, 0.5) is 0 Å². The molecule has 3 N–H and O–H groups in total. The Hall–Kier alpha value is -0.610. The van der Waals surface area contributed by atoms with Gasteiger partial charge >= 0.3 is 0 Å². The summed E-state index contributed by atoms with van der Waals surface area (Å²) in [5.41, 5.74) is 5.82. The third-order valence-electron chi connectivity index (χ3n) is 1.99. The zero-order chi connectivity index (χ0) is 11.9. The molecule has 0 aromatic rings. The molecule has 90 valence electrons. The topological polar surface area (TPSA) is 64.3 Å². The smallest absolute Gasteiger partial charge is 0.236 e. The van der Waals surface area contributed by atoms with Crippen LogP contribution in [0.25, 0.3) is 0 Å². The first kappa shape index (κ1) is 14.4. The average Bonchev–Trinajstić information content (AvgIpc) is 2.13. The number of ether oxygens (including phenoxy) is 1. The minimum atomic E-state index is -0.414. The Balaban J connectivity index is 3.70. The molecule has 0 aliphatic heterocycles. The second-order valence-electron chi connectivity index (χ2n) is 5.02. The van der Waals surface area contributed by atoms with E-state index in [1.54, 1.807) is 7.11 Å². The fourth-order valence-electron chi connectivity index (χ4n) is 1.06. The molecule has 0 saturated carbocycles. The van der Waals surface area contributed by atoms with E-state index in [4.69, 9.17) is 10.5 Å². The second kappa shape index (κ2) is 6.80. The van der Waals surface area contributed by atoms with Crippen LogP contribution in [0.1, 0.15) is 33.6 Å². The van der Waals surface area contributed by atoms with Crippen LogP contribution in [0, 0.1) is 5.41 Å². The Kier molecular flexibility index (Phi) is 6.52. The Labute approximate surface area is 92.6 Å². The number of hydrogen-bond acceptors (Lipinski definition) is 3. The van der Waals surface area contributed by atoms with Gasteiger partial charge in [-0.3, -0.25) is 4.79 Å². The molecule has 0 spiro atoms.